The van der Waals surface area contributed by atoms with Crippen molar-refractivity contribution in [3.05, 3.63) is 57.3 Å². The lowest BCUT2D eigenvalue weighted by Gasteiger charge is -2.12. The van der Waals surface area contributed by atoms with Crippen molar-refractivity contribution >= 4 is 47.2 Å². The Balaban J connectivity index is 0.00000312. The second kappa shape index (κ2) is 11.1. The van der Waals surface area contributed by atoms with Crippen molar-refractivity contribution in [1.82, 2.24) is 16.0 Å². The molecule has 0 aliphatic rings. The Kier molecular flexibility index (Phi) is 9.51. The largest absolute Gasteiger partial charge is 0.352 e. The lowest BCUT2D eigenvalue weighted by Crippen LogP contribution is -2.36. The van der Waals surface area contributed by atoms with Gasteiger partial charge in [-0.1, -0.05) is 12.1 Å². The molecule has 0 fully saturated rings. The second-order valence-electron chi connectivity index (χ2n) is 5.35. The Bertz CT molecular complexity index is 715. The summed E-state index contributed by atoms with van der Waals surface area (Å²) >= 11 is 1.77. The van der Waals surface area contributed by atoms with Crippen LogP contribution >= 0.6 is 35.3 Å². The molecule has 25 heavy (non-hydrogen) atoms. The van der Waals surface area contributed by atoms with Gasteiger partial charge in [0.1, 0.15) is 0 Å². The summed E-state index contributed by atoms with van der Waals surface area (Å²) in [6.45, 7) is 5.99. The van der Waals surface area contributed by atoms with E-state index < -0.39 is 0 Å². The number of aliphatic imine (C=N–C) groups is 1. The highest BCUT2D eigenvalue weighted by Gasteiger charge is 2.05. The molecule has 3 N–H and O–H groups in total. The molecule has 0 aliphatic heterocycles. The molecule has 1 aromatic heterocycles. The number of aryl methyl sites for hydroxylation is 1. The number of nitrogens with zero attached hydrogens (tertiary/aromatic N) is 1. The average molecular weight is 472 g/mol. The third-order valence-electron chi connectivity index (χ3n) is 3.44. The van der Waals surface area contributed by atoms with E-state index in [1.54, 1.807) is 18.4 Å². The van der Waals surface area contributed by atoms with Crippen LogP contribution in [0.15, 0.2) is 41.4 Å². The summed E-state index contributed by atoms with van der Waals surface area (Å²) in [6.07, 6.45) is 0. The molecule has 0 unspecified atom stereocenters. The number of amides is 1. The van der Waals surface area contributed by atoms with E-state index in [1.165, 1.54) is 9.75 Å². The Morgan fingerprint density at radius 1 is 1.12 bits per heavy atom. The molecule has 1 aromatic carbocycles. The minimum atomic E-state index is -0.0464. The van der Waals surface area contributed by atoms with Crippen LogP contribution in [-0.2, 0) is 13.1 Å². The average Bonchev–Trinajstić information content (AvgIpc) is 3.01. The third-order valence-corrected chi connectivity index (χ3v) is 4.44. The highest BCUT2D eigenvalue weighted by Crippen LogP contribution is 2.14. The Morgan fingerprint density at radius 2 is 1.88 bits per heavy atom. The van der Waals surface area contributed by atoms with Crippen LogP contribution in [0, 0.1) is 6.92 Å². The van der Waals surface area contributed by atoms with Crippen LogP contribution in [0.3, 0.4) is 0 Å². The van der Waals surface area contributed by atoms with Gasteiger partial charge in [0.2, 0.25) is 0 Å². The number of carbonyl (C=O) groups is 1. The molecule has 136 valence electrons. The van der Waals surface area contributed by atoms with Gasteiger partial charge in [-0.3, -0.25) is 9.79 Å². The number of carbonyl (C=O) groups excluding carboxylic acids is 1. The number of guanidine groups is 1. The van der Waals surface area contributed by atoms with Crippen LogP contribution in [0.5, 0.6) is 0 Å². The van der Waals surface area contributed by atoms with Crippen molar-refractivity contribution in [2.75, 3.05) is 13.6 Å². The molecule has 5 nitrogen and oxygen atoms in total. The third kappa shape index (κ3) is 7.03. The van der Waals surface area contributed by atoms with Gasteiger partial charge in [-0.2, -0.15) is 0 Å². The molecule has 0 bridgehead atoms. The van der Waals surface area contributed by atoms with Gasteiger partial charge in [-0.05, 0) is 43.7 Å². The molecule has 0 atom stereocenters. The highest BCUT2D eigenvalue weighted by atomic mass is 127. The minimum absolute atomic E-state index is 0. The van der Waals surface area contributed by atoms with E-state index in [9.17, 15) is 4.79 Å². The number of hydrogen-bond donors (Lipinski definition) is 3. The smallest absolute Gasteiger partial charge is 0.251 e. The van der Waals surface area contributed by atoms with Crippen LogP contribution in [0.1, 0.15) is 32.6 Å². The zero-order chi connectivity index (χ0) is 17.4. The second-order valence-corrected chi connectivity index (χ2v) is 6.72. The number of halogens is 1. The summed E-state index contributed by atoms with van der Waals surface area (Å²) in [5.74, 6) is 0.694. The normalized spacial score (nSPS) is 10.8. The quantitative estimate of drug-likeness (QED) is 0.344. The zero-order valence-electron chi connectivity index (χ0n) is 14.8. The van der Waals surface area contributed by atoms with Crippen molar-refractivity contribution in [3.63, 3.8) is 0 Å². The summed E-state index contributed by atoms with van der Waals surface area (Å²) in [5, 5.41) is 9.38. The van der Waals surface area contributed by atoms with Crippen molar-refractivity contribution in [1.29, 1.82) is 0 Å². The standard InChI is InChI=1S/C18H24N4OS.HI/c1-4-20-17(23)15-7-5-6-14(10-15)11-21-18(19-3)22-12-16-9-8-13(2)24-16;/h5-10H,4,11-12H2,1-3H3,(H,20,23)(H2,19,21,22);1H. The van der Waals surface area contributed by atoms with E-state index >= 15 is 0 Å². The lowest BCUT2D eigenvalue weighted by molar-refractivity contribution is 0.0955. The fourth-order valence-electron chi connectivity index (χ4n) is 2.24. The van der Waals surface area contributed by atoms with Gasteiger partial charge in [0.15, 0.2) is 5.96 Å². The molecule has 0 saturated heterocycles. The van der Waals surface area contributed by atoms with E-state index in [1.807, 2.05) is 31.2 Å². The highest BCUT2D eigenvalue weighted by molar-refractivity contribution is 14.0. The van der Waals surface area contributed by atoms with Crippen LogP contribution in [0.4, 0.5) is 0 Å². The van der Waals surface area contributed by atoms with Gasteiger partial charge in [-0.15, -0.1) is 35.3 Å². The fraction of sp³-hybridized carbons (Fsp3) is 0.333. The van der Waals surface area contributed by atoms with Gasteiger partial charge in [0.25, 0.3) is 5.91 Å². The predicted molar refractivity (Wildman–Crippen MR) is 116 cm³/mol. The molecule has 0 saturated carbocycles. The summed E-state index contributed by atoms with van der Waals surface area (Å²) in [6, 6.07) is 11.8. The molecule has 7 heteroatoms. The van der Waals surface area contributed by atoms with Gasteiger partial charge in [0, 0.05) is 35.5 Å². The Morgan fingerprint density at radius 3 is 2.52 bits per heavy atom. The molecular weight excluding hydrogens is 447 g/mol. The van der Waals surface area contributed by atoms with Crippen LogP contribution in [0.25, 0.3) is 0 Å². The van der Waals surface area contributed by atoms with Gasteiger partial charge >= 0.3 is 0 Å². The van der Waals surface area contributed by atoms with E-state index in [2.05, 4.69) is 40.0 Å². The van der Waals surface area contributed by atoms with E-state index in [0.717, 1.165) is 18.1 Å². The topological polar surface area (TPSA) is 65.5 Å². The monoisotopic (exact) mass is 472 g/mol. The first-order chi connectivity index (χ1) is 11.6. The molecule has 2 rings (SSSR count). The number of rotatable bonds is 6. The molecule has 2 aromatic rings. The fourth-order valence-corrected chi connectivity index (χ4v) is 3.07. The van der Waals surface area contributed by atoms with Gasteiger partial charge in [-0.25, -0.2) is 0 Å². The van der Waals surface area contributed by atoms with E-state index in [0.29, 0.717) is 18.7 Å². The van der Waals surface area contributed by atoms with Gasteiger partial charge < -0.3 is 16.0 Å². The molecule has 0 radical (unpaired) electrons. The first-order valence-corrected chi connectivity index (χ1v) is 8.81. The minimum Gasteiger partial charge on any atom is -0.352 e. The van der Waals surface area contributed by atoms with Crippen molar-refractivity contribution < 1.29 is 4.79 Å². The maximum Gasteiger partial charge on any atom is 0.251 e. The summed E-state index contributed by atoms with van der Waals surface area (Å²) in [4.78, 5) is 18.7. The Hall–Kier alpha value is -1.61. The van der Waals surface area contributed by atoms with E-state index in [4.69, 9.17) is 0 Å². The molecule has 1 amide bonds. The van der Waals surface area contributed by atoms with Crippen LogP contribution in [-0.4, -0.2) is 25.5 Å². The maximum absolute atomic E-state index is 11.9. The summed E-state index contributed by atoms with van der Waals surface area (Å²) < 4.78 is 0. The maximum atomic E-state index is 11.9. The summed E-state index contributed by atoms with van der Waals surface area (Å²) in [5.41, 5.74) is 1.71. The Labute approximate surface area is 170 Å². The number of thiophene rings is 1. The van der Waals surface area contributed by atoms with E-state index in [-0.39, 0.29) is 29.9 Å². The van der Waals surface area contributed by atoms with Gasteiger partial charge in [0.05, 0.1) is 6.54 Å². The van der Waals surface area contributed by atoms with Crippen LogP contribution < -0.4 is 16.0 Å². The number of benzene rings is 1. The number of hydrogen-bond acceptors (Lipinski definition) is 3. The predicted octanol–water partition coefficient (Wildman–Crippen LogP) is 3.29. The molecule has 0 aliphatic carbocycles. The molecule has 0 spiro atoms. The van der Waals surface area contributed by atoms with Crippen molar-refractivity contribution in [2.24, 2.45) is 4.99 Å². The molecule has 1 heterocycles. The SMILES string of the molecule is CCNC(=O)c1cccc(CNC(=NC)NCc2ccc(C)s2)c1.I. The van der Waals surface area contributed by atoms with Crippen LogP contribution in [0.2, 0.25) is 0 Å². The first-order valence-electron chi connectivity index (χ1n) is 7.99. The number of nitrogens with one attached hydrogen (secondary N) is 3. The summed E-state index contributed by atoms with van der Waals surface area (Å²) in [7, 11) is 1.75. The van der Waals surface area contributed by atoms with Crippen molar-refractivity contribution in [3.8, 4) is 0 Å². The first kappa shape index (κ1) is 21.4. The van der Waals surface area contributed by atoms with Crippen molar-refractivity contribution in [2.45, 2.75) is 26.9 Å². The lowest BCUT2D eigenvalue weighted by atomic mass is 10.1. The zero-order valence-corrected chi connectivity index (χ0v) is 17.9. The molecular formula is C18H25IN4OS.